The van der Waals surface area contributed by atoms with Crippen LogP contribution in [0, 0.1) is 0 Å². The number of fused-ring (bicyclic) bond motifs is 2. The minimum absolute atomic E-state index is 0.900. The number of likely N-dealkylation sites (N-methyl/N-ethyl adjacent to an activating group) is 1. The van der Waals surface area contributed by atoms with Gasteiger partial charge in [0.05, 0.1) is 12.3 Å². The van der Waals surface area contributed by atoms with Gasteiger partial charge >= 0.3 is 0 Å². The van der Waals surface area contributed by atoms with Crippen LogP contribution in [0.1, 0.15) is 11.1 Å². The number of benzene rings is 1. The van der Waals surface area contributed by atoms with Crippen LogP contribution in [0.15, 0.2) is 41.5 Å². The molecule has 0 amide bonds. The molecule has 4 rings (SSSR count). The van der Waals surface area contributed by atoms with E-state index in [0.717, 1.165) is 25.3 Å². The molecule has 2 aliphatic heterocycles. The molecule has 0 fully saturated rings. The van der Waals surface area contributed by atoms with Crippen molar-refractivity contribution in [3.8, 4) is 0 Å². The van der Waals surface area contributed by atoms with Gasteiger partial charge in [0.15, 0.2) is 0 Å². The second kappa shape index (κ2) is 3.48. The minimum Gasteiger partial charge on any atom is -0.374 e. The molecule has 2 aromatic rings. The number of nitrogens with zero attached hydrogens (tertiary/aromatic N) is 3. The lowest BCUT2D eigenvalue weighted by Gasteiger charge is -2.12. The van der Waals surface area contributed by atoms with Crippen LogP contribution in [-0.2, 0) is 13.0 Å². The zero-order chi connectivity index (χ0) is 12.1. The average Bonchev–Trinajstić information content (AvgIpc) is 3.03. The van der Waals surface area contributed by atoms with Crippen LogP contribution in [0.4, 0.5) is 11.5 Å². The molecule has 1 aromatic heterocycles. The highest BCUT2D eigenvalue weighted by Gasteiger charge is 2.19. The molecule has 0 atom stereocenters. The van der Waals surface area contributed by atoms with Gasteiger partial charge in [0.2, 0.25) is 0 Å². The maximum absolute atomic E-state index is 4.69. The molecular weight excluding hydrogens is 222 g/mol. The van der Waals surface area contributed by atoms with E-state index in [1.807, 2.05) is 6.07 Å². The van der Waals surface area contributed by atoms with Gasteiger partial charge in [0.25, 0.3) is 0 Å². The molecule has 0 saturated heterocycles. The van der Waals surface area contributed by atoms with Crippen LogP contribution in [0.5, 0.6) is 0 Å². The fraction of sp³-hybridized carbons (Fsp3) is 0.267. The third kappa shape index (κ3) is 1.33. The van der Waals surface area contributed by atoms with E-state index < -0.39 is 0 Å². The number of hydrogen-bond donors (Lipinski definition) is 0. The molecule has 0 N–H and O–H groups in total. The lowest BCUT2D eigenvalue weighted by Crippen LogP contribution is -2.12. The first-order valence-electron chi connectivity index (χ1n) is 6.38. The summed E-state index contributed by atoms with van der Waals surface area (Å²) in [5, 5.41) is 0. The van der Waals surface area contributed by atoms with Crippen LogP contribution in [0.2, 0.25) is 0 Å². The van der Waals surface area contributed by atoms with Gasteiger partial charge in [-0.15, -0.1) is 0 Å². The van der Waals surface area contributed by atoms with Crippen LogP contribution >= 0.6 is 0 Å². The molecule has 18 heavy (non-hydrogen) atoms. The Bertz CT molecular complexity index is 652. The molecule has 2 aliphatic rings. The van der Waals surface area contributed by atoms with E-state index >= 15 is 0 Å². The van der Waals surface area contributed by atoms with Gasteiger partial charge in [-0.1, -0.05) is 6.07 Å². The first kappa shape index (κ1) is 9.95. The molecule has 90 valence electrons. The summed E-state index contributed by atoms with van der Waals surface area (Å²) in [6, 6.07) is 10.9. The summed E-state index contributed by atoms with van der Waals surface area (Å²) < 4.78 is 2.19. The van der Waals surface area contributed by atoms with Crippen molar-refractivity contribution in [3.63, 3.8) is 0 Å². The van der Waals surface area contributed by atoms with Crippen LogP contribution in [0.25, 0.3) is 0 Å². The molecule has 3 heteroatoms. The average molecular weight is 237 g/mol. The second-order valence-electron chi connectivity index (χ2n) is 5.07. The number of anilines is 1. The second-order valence-corrected chi connectivity index (χ2v) is 5.07. The topological polar surface area (TPSA) is 20.5 Å². The summed E-state index contributed by atoms with van der Waals surface area (Å²) in [4.78, 5) is 7.01. The standard InChI is InChI=1S/C15H15N3/c1-17-8-6-12-9-11(4-5-14(12)17)13-10-18-7-2-3-15(18)16-13/h2-5,7,9H,6,8,10H2,1H3. The SMILES string of the molecule is CN1CCc2cc(C3=Nc4cccn4C3)ccc21. The minimum atomic E-state index is 0.900. The Morgan fingerprint density at radius 2 is 2.17 bits per heavy atom. The molecule has 3 nitrogen and oxygen atoms in total. The van der Waals surface area contributed by atoms with Gasteiger partial charge < -0.3 is 9.47 Å². The van der Waals surface area contributed by atoms with E-state index in [9.17, 15) is 0 Å². The molecule has 0 unspecified atom stereocenters. The van der Waals surface area contributed by atoms with Crippen molar-refractivity contribution in [3.05, 3.63) is 47.7 Å². The number of rotatable bonds is 1. The van der Waals surface area contributed by atoms with E-state index in [2.05, 4.69) is 47.0 Å². The maximum Gasteiger partial charge on any atom is 0.133 e. The Morgan fingerprint density at radius 3 is 3.06 bits per heavy atom. The summed E-state index contributed by atoms with van der Waals surface area (Å²) >= 11 is 0. The Hall–Kier alpha value is -2.03. The third-order valence-corrected chi connectivity index (χ3v) is 3.92. The van der Waals surface area contributed by atoms with Crippen LogP contribution in [-0.4, -0.2) is 23.9 Å². The van der Waals surface area contributed by atoms with Gasteiger partial charge in [0.1, 0.15) is 5.82 Å². The van der Waals surface area contributed by atoms with Gasteiger partial charge in [-0.25, -0.2) is 4.99 Å². The van der Waals surface area contributed by atoms with Crippen molar-refractivity contribution in [2.24, 2.45) is 4.99 Å². The monoisotopic (exact) mass is 237 g/mol. The smallest absolute Gasteiger partial charge is 0.133 e. The Balaban J connectivity index is 1.73. The summed E-state index contributed by atoms with van der Waals surface area (Å²) in [7, 11) is 2.16. The predicted molar refractivity (Wildman–Crippen MR) is 74.0 cm³/mol. The number of aromatic nitrogens is 1. The van der Waals surface area contributed by atoms with Crippen molar-refractivity contribution >= 4 is 17.2 Å². The highest BCUT2D eigenvalue weighted by atomic mass is 15.1. The predicted octanol–water partition coefficient (Wildman–Crippen LogP) is 2.61. The zero-order valence-corrected chi connectivity index (χ0v) is 10.4. The quantitative estimate of drug-likeness (QED) is 0.746. The van der Waals surface area contributed by atoms with Crippen molar-refractivity contribution < 1.29 is 0 Å². The fourth-order valence-electron chi connectivity index (χ4n) is 2.88. The summed E-state index contributed by atoms with van der Waals surface area (Å²) in [6.07, 6.45) is 3.24. The van der Waals surface area contributed by atoms with E-state index in [-0.39, 0.29) is 0 Å². The third-order valence-electron chi connectivity index (χ3n) is 3.92. The Kier molecular flexibility index (Phi) is 1.92. The lowest BCUT2D eigenvalue weighted by molar-refractivity contribution is 0.901. The highest BCUT2D eigenvalue weighted by molar-refractivity contribution is 6.04. The molecule has 1 aromatic carbocycles. The van der Waals surface area contributed by atoms with E-state index in [1.54, 1.807) is 0 Å². The van der Waals surface area contributed by atoms with Gasteiger partial charge in [-0.2, -0.15) is 0 Å². The van der Waals surface area contributed by atoms with Gasteiger partial charge in [0, 0.05) is 25.5 Å². The van der Waals surface area contributed by atoms with Gasteiger partial charge in [-0.3, -0.25) is 0 Å². The molecule has 0 aliphatic carbocycles. The molecule has 3 heterocycles. The van der Waals surface area contributed by atoms with Crippen molar-refractivity contribution in [2.75, 3.05) is 18.5 Å². The van der Waals surface area contributed by atoms with Crippen LogP contribution < -0.4 is 4.90 Å². The van der Waals surface area contributed by atoms with E-state index in [1.165, 1.54) is 22.5 Å². The van der Waals surface area contributed by atoms with Crippen molar-refractivity contribution in [2.45, 2.75) is 13.0 Å². The van der Waals surface area contributed by atoms with E-state index in [4.69, 9.17) is 4.99 Å². The fourth-order valence-corrected chi connectivity index (χ4v) is 2.88. The van der Waals surface area contributed by atoms with Gasteiger partial charge in [-0.05, 0) is 41.8 Å². The molecule has 0 saturated carbocycles. The Morgan fingerprint density at radius 1 is 1.22 bits per heavy atom. The molecule has 0 spiro atoms. The summed E-state index contributed by atoms with van der Waals surface area (Å²) in [6.45, 7) is 2.03. The number of hydrogen-bond acceptors (Lipinski definition) is 2. The zero-order valence-electron chi connectivity index (χ0n) is 10.4. The number of aliphatic imine (C=N–C) groups is 1. The Labute approximate surface area is 106 Å². The van der Waals surface area contributed by atoms with E-state index in [0.29, 0.717) is 0 Å². The lowest BCUT2D eigenvalue weighted by atomic mass is 10.0. The largest absolute Gasteiger partial charge is 0.374 e. The maximum atomic E-state index is 4.69. The van der Waals surface area contributed by atoms with Crippen molar-refractivity contribution in [1.29, 1.82) is 0 Å². The first-order chi connectivity index (χ1) is 8.81. The summed E-state index contributed by atoms with van der Waals surface area (Å²) in [5.74, 6) is 1.07. The molecule has 0 radical (unpaired) electrons. The normalized spacial score (nSPS) is 16.7. The summed E-state index contributed by atoms with van der Waals surface area (Å²) in [5.41, 5.74) is 5.28. The van der Waals surface area contributed by atoms with Crippen molar-refractivity contribution in [1.82, 2.24) is 4.57 Å². The highest BCUT2D eigenvalue weighted by Crippen LogP contribution is 2.29. The first-order valence-corrected chi connectivity index (χ1v) is 6.38. The molecular formula is C15H15N3. The molecule has 0 bridgehead atoms. The van der Waals surface area contributed by atoms with Crippen LogP contribution in [0.3, 0.4) is 0 Å².